The molecule has 7 heteroatoms. The number of nitrogens with zero attached hydrogens (tertiary/aromatic N) is 1. The van der Waals surface area contributed by atoms with Gasteiger partial charge < -0.3 is 10.2 Å². The van der Waals surface area contributed by atoms with Crippen LogP contribution in [-0.4, -0.2) is 33.2 Å². The Hall–Kier alpha value is -2.05. The summed E-state index contributed by atoms with van der Waals surface area (Å²) < 4.78 is 24.8. The molecule has 0 aromatic heterocycles. The van der Waals surface area contributed by atoms with Gasteiger partial charge in [0.1, 0.15) is 5.75 Å². The maximum atomic E-state index is 12.4. The van der Waals surface area contributed by atoms with Crippen molar-refractivity contribution in [3.8, 4) is 0 Å². The minimum absolute atomic E-state index is 0.0846. The largest absolute Gasteiger partial charge is 0.370 e. The number of hydrogen-bond donors (Lipinski definition) is 1. The number of anilines is 2. The lowest BCUT2D eigenvalue weighted by molar-refractivity contribution is -0.113. The number of sulfone groups is 1. The molecule has 0 radical (unpaired) electrons. The summed E-state index contributed by atoms with van der Waals surface area (Å²) in [6, 6.07) is 13.3. The number of hydrogen-bond acceptors (Lipinski definition) is 4. The lowest BCUT2D eigenvalue weighted by Gasteiger charge is -2.30. The van der Waals surface area contributed by atoms with Crippen LogP contribution in [0.5, 0.6) is 0 Å². The molecule has 1 fully saturated rings. The molecule has 1 aliphatic heterocycles. The van der Waals surface area contributed by atoms with Crippen LogP contribution >= 0.6 is 11.6 Å². The van der Waals surface area contributed by atoms with Crippen molar-refractivity contribution in [2.24, 2.45) is 0 Å². The Morgan fingerprint density at radius 1 is 1.00 bits per heavy atom. The third-order valence-corrected chi connectivity index (χ3v) is 6.25. The molecule has 26 heavy (non-hydrogen) atoms. The van der Waals surface area contributed by atoms with Crippen molar-refractivity contribution in [1.82, 2.24) is 0 Å². The number of benzene rings is 2. The molecule has 1 aliphatic rings. The van der Waals surface area contributed by atoms with E-state index >= 15 is 0 Å². The summed E-state index contributed by atoms with van der Waals surface area (Å²) in [4.78, 5) is 14.7. The van der Waals surface area contributed by atoms with Gasteiger partial charge in [-0.3, -0.25) is 4.79 Å². The number of rotatable bonds is 5. The van der Waals surface area contributed by atoms with Gasteiger partial charge in [0.2, 0.25) is 5.91 Å². The van der Waals surface area contributed by atoms with Crippen LogP contribution < -0.4 is 10.2 Å². The van der Waals surface area contributed by atoms with Gasteiger partial charge in [-0.1, -0.05) is 23.7 Å². The number of carbonyl (C=O) groups excluding carboxylic acids is 1. The van der Waals surface area contributed by atoms with Crippen LogP contribution in [0.15, 0.2) is 53.4 Å². The Morgan fingerprint density at radius 2 is 1.65 bits per heavy atom. The van der Waals surface area contributed by atoms with E-state index in [-0.39, 0.29) is 4.90 Å². The van der Waals surface area contributed by atoms with Crippen molar-refractivity contribution < 1.29 is 13.2 Å². The average molecular weight is 393 g/mol. The number of amides is 1. The highest BCUT2D eigenvalue weighted by atomic mass is 35.5. The monoisotopic (exact) mass is 392 g/mol. The third kappa shape index (κ3) is 4.56. The predicted molar refractivity (Wildman–Crippen MR) is 105 cm³/mol. The first kappa shape index (κ1) is 18.7. The summed E-state index contributed by atoms with van der Waals surface area (Å²) in [5, 5.41) is 3.21. The van der Waals surface area contributed by atoms with E-state index in [1.807, 2.05) is 18.2 Å². The summed E-state index contributed by atoms with van der Waals surface area (Å²) in [6.45, 7) is 1.88. The highest BCUT2D eigenvalue weighted by molar-refractivity contribution is 7.92. The van der Waals surface area contributed by atoms with E-state index in [0.29, 0.717) is 10.7 Å². The average Bonchev–Trinajstić information content (AvgIpc) is 2.63. The van der Waals surface area contributed by atoms with Gasteiger partial charge in [0, 0.05) is 18.1 Å². The van der Waals surface area contributed by atoms with E-state index in [2.05, 4.69) is 10.2 Å². The fraction of sp³-hybridized carbons (Fsp3) is 0.316. The quantitative estimate of drug-likeness (QED) is 0.841. The lowest BCUT2D eigenvalue weighted by atomic mass is 10.1. The highest BCUT2D eigenvalue weighted by Crippen LogP contribution is 2.28. The van der Waals surface area contributed by atoms with E-state index in [4.69, 9.17) is 11.6 Å². The fourth-order valence-corrected chi connectivity index (χ4v) is 4.33. The zero-order valence-electron chi connectivity index (χ0n) is 14.3. The minimum Gasteiger partial charge on any atom is -0.370 e. The van der Waals surface area contributed by atoms with Crippen LogP contribution in [0.3, 0.4) is 0 Å². The van der Waals surface area contributed by atoms with Gasteiger partial charge in [-0.15, -0.1) is 0 Å². The van der Waals surface area contributed by atoms with Gasteiger partial charge in [-0.25, -0.2) is 8.42 Å². The molecule has 0 bridgehead atoms. The SMILES string of the molecule is O=C(CS(=O)(=O)c1ccc(Cl)cc1)Nc1ccccc1N1CCCCC1. The zero-order chi connectivity index (χ0) is 18.6. The van der Waals surface area contributed by atoms with Crippen LogP contribution in [0.1, 0.15) is 19.3 Å². The molecular weight excluding hydrogens is 372 g/mol. The summed E-state index contributed by atoms with van der Waals surface area (Å²) in [5.74, 6) is -1.16. The summed E-state index contributed by atoms with van der Waals surface area (Å²) in [7, 11) is -3.72. The van der Waals surface area contributed by atoms with Crippen molar-refractivity contribution in [2.75, 3.05) is 29.1 Å². The van der Waals surface area contributed by atoms with Gasteiger partial charge in [0.05, 0.1) is 16.3 Å². The van der Waals surface area contributed by atoms with Crippen molar-refractivity contribution in [3.05, 3.63) is 53.6 Å². The van der Waals surface area contributed by atoms with Crippen molar-refractivity contribution >= 4 is 38.7 Å². The Kier molecular flexibility index (Phi) is 5.84. The van der Waals surface area contributed by atoms with Gasteiger partial charge in [0.15, 0.2) is 9.84 Å². The normalized spacial score (nSPS) is 14.9. The minimum atomic E-state index is -3.72. The molecule has 1 amide bonds. The van der Waals surface area contributed by atoms with E-state index in [0.717, 1.165) is 31.6 Å². The maximum Gasteiger partial charge on any atom is 0.240 e. The standard InChI is InChI=1S/C19H21ClN2O3S/c20-15-8-10-16(11-9-15)26(24,25)14-19(23)21-17-6-2-3-7-18(17)22-12-4-1-5-13-22/h2-3,6-11H,1,4-5,12-14H2,(H,21,23). The highest BCUT2D eigenvalue weighted by Gasteiger charge is 2.21. The molecule has 1 N–H and O–H groups in total. The first-order valence-electron chi connectivity index (χ1n) is 8.58. The maximum absolute atomic E-state index is 12.4. The van der Waals surface area contributed by atoms with Gasteiger partial charge in [-0.2, -0.15) is 0 Å². The molecule has 2 aromatic rings. The summed E-state index contributed by atoms with van der Waals surface area (Å²) in [6.07, 6.45) is 3.45. The van der Waals surface area contributed by atoms with Crippen LogP contribution in [0, 0.1) is 0 Å². The Balaban J connectivity index is 1.73. The van der Waals surface area contributed by atoms with Gasteiger partial charge in [-0.05, 0) is 55.7 Å². The Bertz CT molecular complexity index is 876. The molecule has 0 aliphatic carbocycles. The molecule has 1 heterocycles. The first-order valence-corrected chi connectivity index (χ1v) is 10.6. The molecule has 3 rings (SSSR count). The number of halogens is 1. The smallest absolute Gasteiger partial charge is 0.240 e. The lowest BCUT2D eigenvalue weighted by Crippen LogP contribution is -2.31. The Labute approximate surface area is 158 Å². The molecule has 1 saturated heterocycles. The van der Waals surface area contributed by atoms with Gasteiger partial charge >= 0.3 is 0 Å². The van der Waals surface area contributed by atoms with Crippen molar-refractivity contribution in [3.63, 3.8) is 0 Å². The first-order chi connectivity index (χ1) is 12.5. The fourth-order valence-electron chi connectivity index (χ4n) is 3.07. The van der Waals surface area contributed by atoms with Crippen LogP contribution in [0.2, 0.25) is 5.02 Å². The van der Waals surface area contributed by atoms with Crippen molar-refractivity contribution in [2.45, 2.75) is 24.2 Å². The number of piperidine rings is 1. The van der Waals surface area contributed by atoms with Crippen molar-refractivity contribution in [1.29, 1.82) is 0 Å². The number of carbonyl (C=O) groups is 1. The molecule has 0 unspecified atom stereocenters. The molecule has 0 saturated carbocycles. The van der Waals surface area contributed by atoms with E-state index in [1.165, 1.54) is 30.7 Å². The molecule has 0 atom stereocenters. The molecule has 138 valence electrons. The van der Waals surface area contributed by atoms with Crippen LogP contribution in [0.25, 0.3) is 0 Å². The molecule has 2 aromatic carbocycles. The van der Waals surface area contributed by atoms with Crippen LogP contribution in [-0.2, 0) is 14.6 Å². The second kappa shape index (κ2) is 8.10. The van der Waals surface area contributed by atoms with Crippen LogP contribution in [0.4, 0.5) is 11.4 Å². The number of para-hydroxylation sites is 2. The topological polar surface area (TPSA) is 66.5 Å². The third-order valence-electron chi connectivity index (χ3n) is 4.37. The van der Waals surface area contributed by atoms with E-state index in [9.17, 15) is 13.2 Å². The second-order valence-electron chi connectivity index (χ2n) is 6.33. The van der Waals surface area contributed by atoms with Gasteiger partial charge in [0.25, 0.3) is 0 Å². The summed E-state index contributed by atoms with van der Waals surface area (Å²) >= 11 is 5.79. The molecule has 0 spiro atoms. The summed E-state index contributed by atoms with van der Waals surface area (Å²) in [5.41, 5.74) is 1.58. The predicted octanol–water partition coefficient (Wildman–Crippen LogP) is 3.74. The number of nitrogens with one attached hydrogen (secondary N) is 1. The van der Waals surface area contributed by atoms with E-state index in [1.54, 1.807) is 6.07 Å². The second-order valence-corrected chi connectivity index (χ2v) is 8.75. The molecule has 5 nitrogen and oxygen atoms in total. The zero-order valence-corrected chi connectivity index (χ0v) is 15.9. The van der Waals surface area contributed by atoms with E-state index < -0.39 is 21.5 Å². The molecular formula is C19H21ClN2O3S. The Morgan fingerprint density at radius 3 is 2.35 bits per heavy atom.